The first kappa shape index (κ1) is 11.1. The van der Waals surface area contributed by atoms with Gasteiger partial charge in [-0.3, -0.25) is 4.90 Å². The molecule has 0 spiro atoms. The SMILES string of the molecule is FC(F)N(c1ccc(Cl)cc1)C(F)F. The summed E-state index contributed by atoms with van der Waals surface area (Å²) in [6.07, 6.45) is 0. The summed E-state index contributed by atoms with van der Waals surface area (Å²) >= 11 is 5.48. The van der Waals surface area contributed by atoms with E-state index >= 15 is 0 Å². The van der Waals surface area contributed by atoms with Crippen LogP contribution in [0, 0.1) is 0 Å². The first-order chi connectivity index (χ1) is 6.52. The van der Waals surface area contributed by atoms with Gasteiger partial charge in [-0.1, -0.05) is 11.6 Å². The molecule has 1 aromatic carbocycles. The summed E-state index contributed by atoms with van der Waals surface area (Å²) in [4.78, 5) is -0.295. The van der Waals surface area contributed by atoms with Gasteiger partial charge >= 0.3 is 13.1 Å². The van der Waals surface area contributed by atoms with E-state index < -0.39 is 13.1 Å². The van der Waals surface area contributed by atoms with Crippen molar-refractivity contribution in [2.45, 2.75) is 13.1 Å². The summed E-state index contributed by atoms with van der Waals surface area (Å²) in [7, 11) is 0. The zero-order valence-corrected chi connectivity index (χ0v) is 7.56. The molecular weight excluding hydrogens is 222 g/mol. The first-order valence-electron chi connectivity index (χ1n) is 3.62. The second-order valence-corrected chi connectivity index (χ2v) is 2.88. The van der Waals surface area contributed by atoms with Crippen LogP contribution in [0.3, 0.4) is 0 Å². The van der Waals surface area contributed by atoms with Crippen LogP contribution in [-0.4, -0.2) is 13.1 Å². The molecule has 0 radical (unpaired) electrons. The number of alkyl halides is 4. The number of hydrogen-bond donors (Lipinski definition) is 0. The third kappa shape index (κ3) is 2.51. The molecule has 0 aromatic heterocycles. The monoisotopic (exact) mass is 227 g/mol. The highest BCUT2D eigenvalue weighted by Gasteiger charge is 2.25. The average molecular weight is 228 g/mol. The standard InChI is InChI=1S/C8H6ClF4N/c9-5-1-3-6(4-2-5)14(7(10)11)8(12)13/h1-4,7-8H. The Morgan fingerprint density at radius 3 is 1.71 bits per heavy atom. The molecule has 14 heavy (non-hydrogen) atoms. The van der Waals surface area contributed by atoms with Crippen LogP contribution in [0.25, 0.3) is 0 Å². The van der Waals surface area contributed by atoms with E-state index in [1.807, 2.05) is 0 Å². The Bertz CT molecular complexity index is 280. The van der Waals surface area contributed by atoms with Crippen molar-refractivity contribution in [3.8, 4) is 0 Å². The number of nitrogens with zero attached hydrogens (tertiary/aromatic N) is 1. The molecule has 78 valence electrons. The van der Waals surface area contributed by atoms with Gasteiger partial charge in [0.05, 0.1) is 0 Å². The minimum atomic E-state index is -3.24. The van der Waals surface area contributed by atoms with Gasteiger partial charge in [-0.05, 0) is 24.3 Å². The van der Waals surface area contributed by atoms with Crippen LogP contribution in [0.2, 0.25) is 5.02 Å². The van der Waals surface area contributed by atoms with E-state index in [0.29, 0.717) is 5.02 Å². The zero-order chi connectivity index (χ0) is 10.7. The van der Waals surface area contributed by atoms with Gasteiger partial charge in [0.2, 0.25) is 0 Å². The Balaban J connectivity index is 2.94. The van der Waals surface area contributed by atoms with Gasteiger partial charge in [0, 0.05) is 10.7 Å². The van der Waals surface area contributed by atoms with Crippen LogP contribution in [0.15, 0.2) is 24.3 Å². The summed E-state index contributed by atoms with van der Waals surface area (Å²) in [5.41, 5.74) is -0.264. The molecule has 0 aliphatic carbocycles. The molecule has 0 fully saturated rings. The smallest absolute Gasteiger partial charge is 0.259 e. The summed E-state index contributed by atoms with van der Waals surface area (Å²) in [5, 5.41) is 0.303. The Kier molecular flexibility index (Phi) is 3.57. The predicted octanol–water partition coefficient (Wildman–Crippen LogP) is 3.59. The summed E-state index contributed by atoms with van der Waals surface area (Å²) in [5.74, 6) is 0. The molecule has 0 N–H and O–H groups in total. The molecule has 0 saturated heterocycles. The van der Waals surface area contributed by atoms with Crippen molar-refractivity contribution in [2.24, 2.45) is 0 Å². The van der Waals surface area contributed by atoms with Crippen LogP contribution in [0.1, 0.15) is 0 Å². The number of anilines is 1. The van der Waals surface area contributed by atoms with Gasteiger partial charge < -0.3 is 0 Å². The normalized spacial score (nSPS) is 11.1. The van der Waals surface area contributed by atoms with Gasteiger partial charge in [0.15, 0.2) is 0 Å². The van der Waals surface area contributed by atoms with Crippen molar-refractivity contribution in [3.63, 3.8) is 0 Å². The summed E-state index contributed by atoms with van der Waals surface area (Å²) in [6, 6.07) is 4.77. The highest BCUT2D eigenvalue weighted by Crippen LogP contribution is 2.24. The van der Waals surface area contributed by atoms with Crippen molar-refractivity contribution in [2.75, 3.05) is 4.90 Å². The molecule has 0 unspecified atom stereocenters. The van der Waals surface area contributed by atoms with Crippen molar-refractivity contribution in [3.05, 3.63) is 29.3 Å². The van der Waals surface area contributed by atoms with E-state index in [2.05, 4.69) is 0 Å². The van der Waals surface area contributed by atoms with Gasteiger partial charge in [-0.25, -0.2) is 0 Å². The Hall–Kier alpha value is -0.970. The second kappa shape index (κ2) is 4.50. The fraction of sp³-hybridized carbons (Fsp3) is 0.250. The molecule has 0 aliphatic heterocycles. The fourth-order valence-corrected chi connectivity index (χ4v) is 1.05. The minimum Gasteiger partial charge on any atom is -0.259 e. The lowest BCUT2D eigenvalue weighted by Gasteiger charge is -2.22. The first-order valence-corrected chi connectivity index (χ1v) is 4.00. The van der Waals surface area contributed by atoms with Crippen molar-refractivity contribution < 1.29 is 17.6 Å². The van der Waals surface area contributed by atoms with Gasteiger partial charge in [0.1, 0.15) is 0 Å². The zero-order valence-electron chi connectivity index (χ0n) is 6.80. The van der Waals surface area contributed by atoms with E-state index in [4.69, 9.17) is 11.6 Å². The van der Waals surface area contributed by atoms with E-state index in [1.54, 1.807) is 0 Å². The molecule has 0 bridgehead atoms. The molecule has 1 rings (SSSR count). The maximum absolute atomic E-state index is 12.1. The quantitative estimate of drug-likeness (QED) is 0.563. The highest BCUT2D eigenvalue weighted by atomic mass is 35.5. The fourth-order valence-electron chi connectivity index (χ4n) is 0.924. The minimum absolute atomic E-state index is 0.264. The molecule has 0 amide bonds. The molecule has 1 aromatic rings. The molecule has 0 aliphatic rings. The third-order valence-electron chi connectivity index (χ3n) is 1.55. The van der Waals surface area contributed by atoms with E-state index in [0.717, 1.165) is 12.1 Å². The van der Waals surface area contributed by atoms with Crippen LogP contribution in [0.5, 0.6) is 0 Å². The highest BCUT2D eigenvalue weighted by molar-refractivity contribution is 6.30. The maximum atomic E-state index is 12.1. The number of rotatable bonds is 3. The van der Waals surface area contributed by atoms with Gasteiger partial charge in [0.25, 0.3) is 0 Å². The van der Waals surface area contributed by atoms with E-state index in [1.165, 1.54) is 12.1 Å². The Morgan fingerprint density at radius 1 is 0.929 bits per heavy atom. The van der Waals surface area contributed by atoms with Crippen molar-refractivity contribution >= 4 is 17.3 Å². The van der Waals surface area contributed by atoms with Crippen molar-refractivity contribution in [1.29, 1.82) is 0 Å². The third-order valence-corrected chi connectivity index (χ3v) is 1.80. The second-order valence-electron chi connectivity index (χ2n) is 2.44. The van der Waals surface area contributed by atoms with Crippen LogP contribution < -0.4 is 4.90 Å². The molecular formula is C8H6ClF4N. The topological polar surface area (TPSA) is 3.24 Å². The number of hydrogen-bond acceptors (Lipinski definition) is 1. The summed E-state index contributed by atoms with van der Waals surface area (Å²) in [6.45, 7) is -6.48. The lowest BCUT2D eigenvalue weighted by atomic mass is 10.3. The maximum Gasteiger partial charge on any atom is 0.319 e. The average Bonchev–Trinajstić information content (AvgIpc) is 2.07. The molecule has 0 heterocycles. The van der Waals surface area contributed by atoms with Crippen molar-refractivity contribution in [1.82, 2.24) is 0 Å². The Labute approximate surface area is 82.9 Å². The molecule has 0 saturated carbocycles. The number of halogens is 5. The van der Waals surface area contributed by atoms with E-state index in [9.17, 15) is 17.6 Å². The lowest BCUT2D eigenvalue weighted by Crippen LogP contribution is -2.33. The Morgan fingerprint density at radius 2 is 1.36 bits per heavy atom. The molecule has 6 heteroatoms. The van der Waals surface area contributed by atoms with E-state index in [-0.39, 0.29) is 10.6 Å². The molecule has 0 atom stereocenters. The lowest BCUT2D eigenvalue weighted by molar-refractivity contribution is 0.0477. The largest absolute Gasteiger partial charge is 0.319 e. The van der Waals surface area contributed by atoms with Crippen LogP contribution in [-0.2, 0) is 0 Å². The number of benzene rings is 1. The van der Waals surface area contributed by atoms with Gasteiger partial charge in [-0.2, -0.15) is 17.6 Å². The molecule has 1 nitrogen and oxygen atoms in total. The van der Waals surface area contributed by atoms with Crippen LogP contribution >= 0.6 is 11.6 Å². The van der Waals surface area contributed by atoms with Gasteiger partial charge in [-0.15, -0.1) is 0 Å². The summed E-state index contributed by atoms with van der Waals surface area (Å²) < 4.78 is 48.6. The predicted molar refractivity (Wildman–Crippen MR) is 45.9 cm³/mol. The van der Waals surface area contributed by atoms with Crippen LogP contribution in [0.4, 0.5) is 23.2 Å².